The first kappa shape index (κ1) is 15.2. The van der Waals surface area contributed by atoms with E-state index in [0.29, 0.717) is 11.3 Å². The van der Waals surface area contributed by atoms with Crippen molar-refractivity contribution in [1.29, 1.82) is 0 Å². The summed E-state index contributed by atoms with van der Waals surface area (Å²) in [6.07, 6.45) is -0.270. The third-order valence-electron chi connectivity index (χ3n) is 2.38. The molecule has 0 aliphatic heterocycles. The van der Waals surface area contributed by atoms with Gasteiger partial charge in [-0.2, -0.15) is 0 Å². The monoisotopic (exact) mass is 378 g/mol. The second-order valence-electron chi connectivity index (χ2n) is 3.73. The summed E-state index contributed by atoms with van der Waals surface area (Å²) in [4.78, 5) is 21.9. The quantitative estimate of drug-likeness (QED) is 0.630. The van der Waals surface area contributed by atoms with Gasteiger partial charge in [0.2, 0.25) is 0 Å². The van der Waals surface area contributed by atoms with Crippen LogP contribution < -0.4 is 4.74 Å². The van der Waals surface area contributed by atoms with E-state index in [-0.39, 0.29) is 12.2 Å². The van der Waals surface area contributed by atoms with Crippen LogP contribution in [0.1, 0.15) is 22.3 Å². The summed E-state index contributed by atoms with van der Waals surface area (Å²) < 4.78 is 5.93. The van der Waals surface area contributed by atoms with Crippen LogP contribution in [0.4, 0.5) is 0 Å². The maximum Gasteiger partial charge on any atom is 0.304 e. The van der Waals surface area contributed by atoms with Crippen LogP contribution in [0.5, 0.6) is 5.75 Å². The Bertz CT molecular complexity index is 485. The lowest BCUT2D eigenvalue weighted by Crippen LogP contribution is -2.19. The molecule has 6 heteroatoms. The van der Waals surface area contributed by atoms with Gasteiger partial charge in [0.05, 0.1) is 23.9 Å². The number of benzene rings is 1. The number of methoxy groups -OCH3 is 1. The standard InChI is InChI=1S/C12H12Br2O4/c1-6-3-10(18-2)7(4-8(6)13)12(17)9(14)5-11(15)16/h3-4,9H,5H2,1-2H3,(H,15,16). The second kappa shape index (κ2) is 6.33. The van der Waals surface area contributed by atoms with Gasteiger partial charge in [-0.05, 0) is 24.6 Å². The molecule has 1 aromatic carbocycles. The fraction of sp³-hybridized carbons (Fsp3) is 0.333. The number of aliphatic carboxylic acids is 1. The molecule has 0 aliphatic rings. The molecule has 4 nitrogen and oxygen atoms in total. The van der Waals surface area contributed by atoms with Crippen molar-refractivity contribution >= 4 is 43.6 Å². The van der Waals surface area contributed by atoms with E-state index >= 15 is 0 Å². The first-order valence-electron chi connectivity index (χ1n) is 5.11. The average Bonchev–Trinajstić information content (AvgIpc) is 2.30. The van der Waals surface area contributed by atoms with Crippen LogP contribution in [0.3, 0.4) is 0 Å². The summed E-state index contributed by atoms with van der Waals surface area (Å²) >= 11 is 6.42. The van der Waals surface area contributed by atoms with Crippen molar-refractivity contribution < 1.29 is 19.4 Å². The molecule has 1 unspecified atom stereocenters. The molecule has 1 atom stereocenters. The summed E-state index contributed by atoms with van der Waals surface area (Å²) in [5.74, 6) is -0.902. The molecule has 0 heterocycles. The molecule has 0 fully saturated rings. The molecule has 0 aromatic heterocycles. The molecule has 0 radical (unpaired) electrons. The van der Waals surface area contributed by atoms with Gasteiger partial charge in [0.1, 0.15) is 5.75 Å². The Hall–Kier alpha value is -0.880. The number of Topliss-reactive ketones (excluding diaryl/α,β-unsaturated/α-hetero) is 1. The fourth-order valence-corrected chi connectivity index (χ4v) is 2.30. The number of ketones is 1. The molecule has 0 saturated heterocycles. The molecule has 1 N–H and O–H groups in total. The Morgan fingerprint density at radius 2 is 2.06 bits per heavy atom. The van der Waals surface area contributed by atoms with E-state index in [4.69, 9.17) is 9.84 Å². The van der Waals surface area contributed by atoms with Crippen molar-refractivity contribution in [3.05, 3.63) is 27.7 Å². The summed E-state index contributed by atoms with van der Waals surface area (Å²) in [7, 11) is 1.47. The van der Waals surface area contributed by atoms with Gasteiger partial charge in [-0.3, -0.25) is 9.59 Å². The topological polar surface area (TPSA) is 63.6 Å². The van der Waals surface area contributed by atoms with Crippen LogP contribution in [0.15, 0.2) is 16.6 Å². The Kier molecular flexibility index (Phi) is 5.34. The molecular weight excluding hydrogens is 368 g/mol. The zero-order valence-corrected chi connectivity index (χ0v) is 13.0. The highest BCUT2D eigenvalue weighted by Crippen LogP contribution is 2.29. The lowest BCUT2D eigenvalue weighted by Gasteiger charge is -2.12. The van der Waals surface area contributed by atoms with Crippen molar-refractivity contribution in [1.82, 2.24) is 0 Å². The maximum atomic E-state index is 12.1. The van der Waals surface area contributed by atoms with Crippen molar-refractivity contribution in [2.45, 2.75) is 18.2 Å². The highest BCUT2D eigenvalue weighted by molar-refractivity contribution is 9.10. The number of carbonyl (C=O) groups is 2. The first-order valence-corrected chi connectivity index (χ1v) is 6.82. The summed E-state index contributed by atoms with van der Waals surface area (Å²) in [5.41, 5.74) is 1.30. The van der Waals surface area contributed by atoms with E-state index in [1.807, 2.05) is 6.92 Å². The molecule has 0 saturated carbocycles. The number of carboxylic acid groups (broad SMARTS) is 1. The minimum Gasteiger partial charge on any atom is -0.496 e. The number of aryl methyl sites for hydroxylation is 1. The fourth-order valence-electron chi connectivity index (χ4n) is 1.43. The number of ether oxygens (including phenoxy) is 1. The largest absolute Gasteiger partial charge is 0.496 e. The number of carboxylic acids is 1. The number of hydrogen-bond acceptors (Lipinski definition) is 3. The Morgan fingerprint density at radius 3 is 2.56 bits per heavy atom. The number of carbonyl (C=O) groups excluding carboxylic acids is 1. The van der Waals surface area contributed by atoms with Crippen LogP contribution in [0, 0.1) is 6.92 Å². The van der Waals surface area contributed by atoms with Gasteiger partial charge in [0.15, 0.2) is 5.78 Å². The third kappa shape index (κ3) is 3.55. The Labute approximate surface area is 122 Å². The van der Waals surface area contributed by atoms with Crippen molar-refractivity contribution in [2.24, 2.45) is 0 Å². The van der Waals surface area contributed by atoms with E-state index in [1.165, 1.54) is 7.11 Å². The van der Waals surface area contributed by atoms with Gasteiger partial charge >= 0.3 is 5.97 Å². The van der Waals surface area contributed by atoms with Gasteiger partial charge < -0.3 is 9.84 Å². The summed E-state index contributed by atoms with van der Waals surface area (Å²) in [6.45, 7) is 1.88. The van der Waals surface area contributed by atoms with Gasteiger partial charge in [-0.25, -0.2) is 0 Å². The van der Waals surface area contributed by atoms with Gasteiger partial charge in [0.25, 0.3) is 0 Å². The van der Waals surface area contributed by atoms with E-state index < -0.39 is 10.8 Å². The number of halogens is 2. The Morgan fingerprint density at radius 1 is 1.44 bits per heavy atom. The van der Waals surface area contributed by atoms with E-state index in [9.17, 15) is 9.59 Å². The molecular formula is C12H12Br2O4. The molecule has 0 aliphatic carbocycles. The Balaban J connectivity index is 3.12. The van der Waals surface area contributed by atoms with Gasteiger partial charge in [-0.1, -0.05) is 31.9 Å². The van der Waals surface area contributed by atoms with Crippen LogP contribution in [0.25, 0.3) is 0 Å². The lowest BCUT2D eigenvalue weighted by molar-refractivity contribution is -0.136. The predicted octanol–water partition coefficient (Wildman–Crippen LogP) is 3.19. The molecule has 98 valence electrons. The van der Waals surface area contributed by atoms with Crippen LogP contribution in [0.2, 0.25) is 0 Å². The van der Waals surface area contributed by atoms with E-state index in [0.717, 1.165) is 10.0 Å². The van der Waals surface area contributed by atoms with Gasteiger partial charge in [0, 0.05) is 4.47 Å². The van der Waals surface area contributed by atoms with Crippen LogP contribution in [-0.4, -0.2) is 28.8 Å². The number of hydrogen-bond donors (Lipinski definition) is 1. The van der Waals surface area contributed by atoms with Crippen molar-refractivity contribution in [2.75, 3.05) is 7.11 Å². The maximum absolute atomic E-state index is 12.1. The normalized spacial score (nSPS) is 12.0. The highest BCUT2D eigenvalue weighted by atomic mass is 79.9. The predicted molar refractivity (Wildman–Crippen MR) is 74.7 cm³/mol. The average molecular weight is 380 g/mol. The molecule has 0 spiro atoms. The number of alkyl halides is 1. The van der Waals surface area contributed by atoms with Crippen LogP contribution >= 0.6 is 31.9 Å². The SMILES string of the molecule is COc1cc(C)c(Br)cc1C(=O)C(Br)CC(=O)O. The van der Waals surface area contributed by atoms with E-state index in [2.05, 4.69) is 31.9 Å². The van der Waals surface area contributed by atoms with E-state index in [1.54, 1.807) is 12.1 Å². The lowest BCUT2D eigenvalue weighted by atomic mass is 10.0. The summed E-state index contributed by atoms with van der Waals surface area (Å²) in [5, 5.41) is 8.68. The molecule has 1 rings (SSSR count). The highest BCUT2D eigenvalue weighted by Gasteiger charge is 2.23. The first-order chi connectivity index (χ1) is 8.36. The second-order valence-corrected chi connectivity index (χ2v) is 5.69. The molecule has 1 aromatic rings. The van der Waals surface area contributed by atoms with Crippen molar-refractivity contribution in [3.8, 4) is 5.75 Å². The van der Waals surface area contributed by atoms with Gasteiger partial charge in [-0.15, -0.1) is 0 Å². The third-order valence-corrected chi connectivity index (χ3v) is 3.98. The van der Waals surface area contributed by atoms with Crippen molar-refractivity contribution in [3.63, 3.8) is 0 Å². The molecule has 0 bridgehead atoms. The zero-order chi connectivity index (χ0) is 13.9. The smallest absolute Gasteiger partial charge is 0.304 e. The summed E-state index contributed by atoms with van der Waals surface area (Å²) in [6, 6.07) is 3.38. The minimum absolute atomic E-state index is 0.270. The van der Waals surface area contributed by atoms with Crippen LogP contribution in [-0.2, 0) is 4.79 Å². The molecule has 0 amide bonds. The molecule has 18 heavy (non-hydrogen) atoms. The zero-order valence-electron chi connectivity index (χ0n) is 9.87. The number of rotatable bonds is 5. The minimum atomic E-state index is -1.03.